The van der Waals surface area contributed by atoms with Gasteiger partial charge in [0.05, 0.1) is 7.11 Å². The number of hydrogen-bond donors (Lipinski definition) is 1. The van der Waals surface area contributed by atoms with Crippen molar-refractivity contribution in [3.8, 4) is 11.8 Å². The molecule has 1 aliphatic rings. The first-order valence-corrected chi connectivity index (χ1v) is 6.49. The lowest BCUT2D eigenvalue weighted by Gasteiger charge is -2.33. The molecule has 0 spiro atoms. The highest BCUT2D eigenvalue weighted by Gasteiger charge is 2.39. The third-order valence-corrected chi connectivity index (χ3v) is 3.90. The second-order valence-corrected chi connectivity index (χ2v) is 4.94. The summed E-state index contributed by atoms with van der Waals surface area (Å²) in [5.74, 6) is 0.785. The number of nitriles is 1. The Bertz CT molecular complexity index is 429. The van der Waals surface area contributed by atoms with Crippen molar-refractivity contribution < 1.29 is 9.84 Å². The molecule has 0 radical (unpaired) electrons. The molecule has 18 heavy (non-hydrogen) atoms. The fourth-order valence-corrected chi connectivity index (χ4v) is 2.76. The molecule has 1 fully saturated rings. The molecular formula is C15H19NO2. The fourth-order valence-electron chi connectivity index (χ4n) is 2.76. The molecule has 1 aromatic rings. The van der Waals surface area contributed by atoms with Gasteiger partial charge in [-0.25, -0.2) is 0 Å². The van der Waals surface area contributed by atoms with E-state index in [0.717, 1.165) is 31.4 Å². The van der Waals surface area contributed by atoms with Gasteiger partial charge in [0, 0.05) is 5.92 Å². The van der Waals surface area contributed by atoms with Gasteiger partial charge >= 0.3 is 0 Å². The van der Waals surface area contributed by atoms with Crippen molar-refractivity contribution >= 4 is 0 Å². The highest BCUT2D eigenvalue weighted by molar-refractivity contribution is 5.35. The first kappa shape index (κ1) is 12.9. The van der Waals surface area contributed by atoms with E-state index < -0.39 is 5.60 Å². The average Bonchev–Trinajstić information content (AvgIpc) is 2.47. The Morgan fingerprint density at radius 3 is 2.33 bits per heavy atom. The molecule has 1 atom stereocenters. The summed E-state index contributed by atoms with van der Waals surface area (Å²) in [6.07, 6.45) is 5.27. The highest BCUT2D eigenvalue weighted by Crippen LogP contribution is 2.39. The van der Waals surface area contributed by atoms with Crippen molar-refractivity contribution in [2.45, 2.75) is 37.7 Å². The number of hydrogen-bond acceptors (Lipinski definition) is 3. The summed E-state index contributed by atoms with van der Waals surface area (Å²) in [5, 5.41) is 20.1. The minimum Gasteiger partial charge on any atom is -0.497 e. The number of aliphatic hydroxyl groups is 1. The SMILES string of the molecule is COc1ccc(C(O)(C#N)C2CCCCC2)cc1. The molecule has 1 N–H and O–H groups in total. The van der Waals surface area contributed by atoms with Crippen molar-refractivity contribution in [3.63, 3.8) is 0 Å². The van der Waals surface area contributed by atoms with E-state index in [1.807, 2.05) is 0 Å². The van der Waals surface area contributed by atoms with Gasteiger partial charge in [0.15, 0.2) is 5.60 Å². The highest BCUT2D eigenvalue weighted by atomic mass is 16.5. The molecule has 1 aliphatic carbocycles. The van der Waals surface area contributed by atoms with Crippen molar-refractivity contribution in [1.29, 1.82) is 5.26 Å². The van der Waals surface area contributed by atoms with Gasteiger partial charge in [-0.2, -0.15) is 5.26 Å². The molecule has 1 aromatic carbocycles. The number of benzene rings is 1. The average molecular weight is 245 g/mol. The summed E-state index contributed by atoms with van der Waals surface area (Å²) in [6, 6.07) is 9.28. The lowest BCUT2D eigenvalue weighted by atomic mass is 9.74. The normalized spacial score (nSPS) is 19.8. The molecule has 96 valence electrons. The van der Waals surface area contributed by atoms with Gasteiger partial charge in [-0.3, -0.25) is 0 Å². The molecule has 0 amide bonds. The standard InChI is InChI=1S/C15H19NO2/c1-18-14-9-7-13(8-10-14)15(17,11-16)12-5-3-2-4-6-12/h7-10,12,17H,2-6H2,1H3. The quantitative estimate of drug-likeness (QED) is 0.833. The van der Waals surface area contributed by atoms with Gasteiger partial charge in [-0.05, 0) is 30.5 Å². The molecule has 0 heterocycles. The van der Waals surface area contributed by atoms with Crippen LogP contribution in [0.25, 0.3) is 0 Å². The van der Waals surface area contributed by atoms with Crippen LogP contribution in [0.2, 0.25) is 0 Å². The van der Waals surface area contributed by atoms with E-state index in [-0.39, 0.29) is 5.92 Å². The third-order valence-electron chi connectivity index (χ3n) is 3.90. The maximum atomic E-state index is 10.7. The molecule has 0 aromatic heterocycles. The fraction of sp³-hybridized carbons (Fsp3) is 0.533. The topological polar surface area (TPSA) is 53.2 Å². The lowest BCUT2D eigenvalue weighted by molar-refractivity contribution is 0.0140. The van der Waals surface area contributed by atoms with Crippen LogP contribution in [0.15, 0.2) is 24.3 Å². The number of ether oxygens (including phenoxy) is 1. The van der Waals surface area contributed by atoms with Crippen LogP contribution in [0.1, 0.15) is 37.7 Å². The van der Waals surface area contributed by atoms with Gasteiger partial charge < -0.3 is 9.84 Å². The van der Waals surface area contributed by atoms with Crippen molar-refractivity contribution in [2.75, 3.05) is 7.11 Å². The number of nitrogens with zero attached hydrogens (tertiary/aromatic N) is 1. The summed E-state index contributed by atoms with van der Waals surface area (Å²) in [6.45, 7) is 0. The van der Waals surface area contributed by atoms with Crippen LogP contribution in [0.5, 0.6) is 5.75 Å². The first-order chi connectivity index (χ1) is 8.70. The van der Waals surface area contributed by atoms with Crippen molar-refractivity contribution in [1.82, 2.24) is 0 Å². The molecule has 1 unspecified atom stereocenters. The predicted octanol–water partition coefficient (Wildman–Crippen LogP) is 2.99. The second kappa shape index (κ2) is 5.41. The molecular weight excluding hydrogens is 226 g/mol. The van der Waals surface area contributed by atoms with E-state index >= 15 is 0 Å². The van der Waals surface area contributed by atoms with E-state index in [1.165, 1.54) is 6.42 Å². The van der Waals surface area contributed by atoms with Crippen LogP contribution in [0, 0.1) is 17.2 Å². The maximum absolute atomic E-state index is 10.7. The third kappa shape index (κ3) is 2.34. The van der Waals surface area contributed by atoms with Crippen LogP contribution in [0.3, 0.4) is 0 Å². The lowest BCUT2D eigenvalue weighted by Crippen LogP contribution is -2.34. The Morgan fingerprint density at radius 2 is 1.83 bits per heavy atom. The van der Waals surface area contributed by atoms with E-state index in [0.29, 0.717) is 5.56 Å². The Labute approximate surface area is 108 Å². The zero-order valence-corrected chi connectivity index (χ0v) is 10.7. The van der Waals surface area contributed by atoms with E-state index in [9.17, 15) is 10.4 Å². The molecule has 2 rings (SSSR count). The van der Waals surface area contributed by atoms with Crippen LogP contribution in [-0.4, -0.2) is 12.2 Å². The Hall–Kier alpha value is -1.53. The van der Waals surface area contributed by atoms with Crippen LogP contribution >= 0.6 is 0 Å². The first-order valence-electron chi connectivity index (χ1n) is 6.49. The largest absolute Gasteiger partial charge is 0.497 e. The van der Waals surface area contributed by atoms with Gasteiger partial charge in [-0.15, -0.1) is 0 Å². The summed E-state index contributed by atoms with van der Waals surface area (Å²) in [7, 11) is 1.60. The smallest absolute Gasteiger partial charge is 0.179 e. The zero-order chi connectivity index (χ0) is 13.0. The van der Waals surface area contributed by atoms with Gasteiger partial charge in [0.2, 0.25) is 0 Å². The van der Waals surface area contributed by atoms with E-state index in [1.54, 1.807) is 31.4 Å². The van der Waals surface area contributed by atoms with Gasteiger partial charge in [0.1, 0.15) is 11.8 Å². The Balaban J connectivity index is 2.27. The summed E-state index contributed by atoms with van der Waals surface area (Å²) in [5.41, 5.74) is -0.676. The van der Waals surface area contributed by atoms with Crippen molar-refractivity contribution in [3.05, 3.63) is 29.8 Å². The molecule has 1 saturated carbocycles. The Morgan fingerprint density at radius 1 is 1.22 bits per heavy atom. The van der Waals surface area contributed by atoms with Crippen LogP contribution in [-0.2, 0) is 5.60 Å². The van der Waals surface area contributed by atoms with Crippen LogP contribution in [0.4, 0.5) is 0 Å². The Kier molecular flexibility index (Phi) is 3.88. The van der Waals surface area contributed by atoms with E-state index in [2.05, 4.69) is 6.07 Å². The molecule has 3 nitrogen and oxygen atoms in total. The molecule has 0 saturated heterocycles. The van der Waals surface area contributed by atoms with E-state index in [4.69, 9.17) is 4.74 Å². The molecule has 3 heteroatoms. The minimum absolute atomic E-state index is 0.0460. The van der Waals surface area contributed by atoms with Crippen LogP contribution < -0.4 is 4.74 Å². The van der Waals surface area contributed by atoms with Gasteiger partial charge in [-0.1, -0.05) is 31.4 Å². The second-order valence-electron chi connectivity index (χ2n) is 4.94. The number of rotatable bonds is 3. The van der Waals surface area contributed by atoms with Gasteiger partial charge in [0.25, 0.3) is 0 Å². The molecule has 0 aliphatic heterocycles. The predicted molar refractivity (Wildman–Crippen MR) is 69.1 cm³/mol. The minimum atomic E-state index is -1.35. The number of methoxy groups -OCH3 is 1. The summed E-state index contributed by atoms with van der Waals surface area (Å²) >= 11 is 0. The zero-order valence-electron chi connectivity index (χ0n) is 10.7. The molecule has 0 bridgehead atoms. The monoisotopic (exact) mass is 245 g/mol. The summed E-state index contributed by atoms with van der Waals surface area (Å²) in [4.78, 5) is 0. The van der Waals surface area contributed by atoms with Crippen molar-refractivity contribution in [2.24, 2.45) is 5.92 Å². The maximum Gasteiger partial charge on any atom is 0.179 e. The summed E-state index contributed by atoms with van der Waals surface area (Å²) < 4.78 is 5.10.